The molecule has 0 unspecified atom stereocenters. The van der Waals surface area contributed by atoms with Crippen molar-refractivity contribution in [1.29, 1.82) is 0 Å². The maximum Gasteiger partial charge on any atom is 0.271 e. The number of nitrogens with zero attached hydrogens (tertiary/aromatic N) is 3. The van der Waals surface area contributed by atoms with Gasteiger partial charge in [-0.25, -0.2) is 4.99 Å². The summed E-state index contributed by atoms with van der Waals surface area (Å²) in [5, 5.41) is 0. The summed E-state index contributed by atoms with van der Waals surface area (Å²) in [4.78, 5) is 35.1. The molecule has 1 aliphatic heterocycles. The van der Waals surface area contributed by atoms with E-state index in [4.69, 9.17) is 19.2 Å². The summed E-state index contributed by atoms with van der Waals surface area (Å²) in [5.74, 6) is 1.54. The van der Waals surface area contributed by atoms with E-state index in [0.29, 0.717) is 62.0 Å². The van der Waals surface area contributed by atoms with E-state index in [0.717, 1.165) is 16.7 Å². The SMILES string of the molecule is CCN(CC)C(=O)C1=C(C)N=c2s/c(=C/c3cc(Br)c(OCc4ccccc4)c(OC)c3)c(=O)n2[C@H]1c1ccccc1OC. The van der Waals surface area contributed by atoms with Gasteiger partial charge in [0.1, 0.15) is 18.4 Å². The predicted octanol–water partition coefficient (Wildman–Crippen LogP) is 5.46. The van der Waals surface area contributed by atoms with Gasteiger partial charge in [0.2, 0.25) is 0 Å². The number of halogens is 1. The van der Waals surface area contributed by atoms with Crippen LogP contribution in [0.1, 0.15) is 43.5 Å². The van der Waals surface area contributed by atoms with Crippen molar-refractivity contribution in [3.8, 4) is 17.2 Å². The minimum absolute atomic E-state index is 0.152. The van der Waals surface area contributed by atoms with Gasteiger partial charge in [0.25, 0.3) is 11.5 Å². The molecule has 5 rings (SSSR count). The van der Waals surface area contributed by atoms with E-state index >= 15 is 0 Å². The molecule has 0 fully saturated rings. The number of carbonyl (C=O) groups excluding carboxylic acids is 1. The van der Waals surface area contributed by atoms with Crippen LogP contribution in [-0.2, 0) is 11.4 Å². The molecule has 4 aromatic rings. The van der Waals surface area contributed by atoms with Crippen LogP contribution >= 0.6 is 27.3 Å². The number of aromatic nitrogens is 1. The number of ether oxygens (including phenoxy) is 3. The van der Waals surface area contributed by atoms with Crippen LogP contribution in [-0.4, -0.2) is 42.7 Å². The fraction of sp³-hybridized carbons (Fsp3) is 0.265. The maximum absolute atomic E-state index is 14.2. The fourth-order valence-electron chi connectivity index (χ4n) is 5.31. The summed E-state index contributed by atoms with van der Waals surface area (Å²) in [7, 11) is 3.17. The molecule has 0 aliphatic carbocycles. The smallest absolute Gasteiger partial charge is 0.271 e. The molecule has 2 heterocycles. The van der Waals surface area contributed by atoms with Crippen molar-refractivity contribution in [2.75, 3.05) is 27.3 Å². The highest BCUT2D eigenvalue weighted by Crippen LogP contribution is 2.38. The number of likely N-dealkylation sites (N-methyl/N-ethyl adjacent to an activating group) is 1. The van der Waals surface area contributed by atoms with E-state index in [1.165, 1.54) is 11.3 Å². The van der Waals surface area contributed by atoms with Crippen LogP contribution in [0, 0.1) is 0 Å². The van der Waals surface area contributed by atoms with Crippen molar-refractivity contribution < 1.29 is 19.0 Å². The Labute approximate surface area is 268 Å². The molecule has 44 heavy (non-hydrogen) atoms. The van der Waals surface area contributed by atoms with Gasteiger partial charge in [-0.3, -0.25) is 14.2 Å². The Hall–Kier alpha value is -4.15. The molecular weight excluding hydrogens is 642 g/mol. The van der Waals surface area contributed by atoms with Crippen molar-refractivity contribution in [3.63, 3.8) is 0 Å². The topological polar surface area (TPSA) is 82.4 Å². The van der Waals surface area contributed by atoms with Crippen LogP contribution in [0.5, 0.6) is 17.2 Å². The number of methoxy groups -OCH3 is 2. The molecule has 0 N–H and O–H groups in total. The van der Waals surface area contributed by atoms with Gasteiger partial charge >= 0.3 is 0 Å². The van der Waals surface area contributed by atoms with E-state index in [1.807, 2.05) is 93.6 Å². The largest absolute Gasteiger partial charge is 0.496 e. The van der Waals surface area contributed by atoms with Crippen LogP contribution in [0.3, 0.4) is 0 Å². The monoisotopic (exact) mass is 675 g/mol. The highest BCUT2D eigenvalue weighted by Gasteiger charge is 2.35. The first-order chi connectivity index (χ1) is 21.3. The quantitative estimate of drug-likeness (QED) is 0.223. The third-order valence-electron chi connectivity index (χ3n) is 7.51. The minimum atomic E-state index is -0.701. The minimum Gasteiger partial charge on any atom is -0.496 e. The van der Waals surface area contributed by atoms with Gasteiger partial charge in [-0.1, -0.05) is 59.9 Å². The van der Waals surface area contributed by atoms with Crippen LogP contribution in [0.25, 0.3) is 6.08 Å². The average Bonchev–Trinajstić information content (AvgIpc) is 3.34. The molecule has 10 heteroatoms. The first-order valence-electron chi connectivity index (χ1n) is 14.3. The number of amides is 1. The van der Waals surface area contributed by atoms with Crippen molar-refractivity contribution >= 4 is 39.2 Å². The Morgan fingerprint density at radius 1 is 1.02 bits per heavy atom. The highest BCUT2D eigenvalue weighted by molar-refractivity contribution is 9.10. The van der Waals surface area contributed by atoms with Gasteiger partial charge in [-0.05, 0) is 72.1 Å². The lowest BCUT2D eigenvalue weighted by Crippen LogP contribution is -2.43. The van der Waals surface area contributed by atoms with Crippen molar-refractivity contribution in [1.82, 2.24) is 9.47 Å². The number of fused-ring (bicyclic) bond motifs is 1. The zero-order valence-electron chi connectivity index (χ0n) is 25.3. The van der Waals surface area contributed by atoms with Gasteiger partial charge in [0.15, 0.2) is 16.3 Å². The molecule has 1 aliphatic rings. The second-order valence-electron chi connectivity index (χ2n) is 10.1. The lowest BCUT2D eigenvalue weighted by Gasteiger charge is -2.29. The van der Waals surface area contributed by atoms with Gasteiger partial charge in [-0.15, -0.1) is 0 Å². The third kappa shape index (κ3) is 6.09. The molecule has 0 saturated carbocycles. The number of para-hydroxylation sites is 1. The van der Waals surface area contributed by atoms with Gasteiger partial charge in [0, 0.05) is 18.7 Å². The van der Waals surface area contributed by atoms with E-state index in [1.54, 1.807) is 23.7 Å². The van der Waals surface area contributed by atoms with Crippen LogP contribution < -0.4 is 29.1 Å². The van der Waals surface area contributed by atoms with E-state index in [-0.39, 0.29) is 11.5 Å². The first kappa shape index (κ1) is 31.3. The lowest BCUT2D eigenvalue weighted by molar-refractivity contribution is -0.127. The van der Waals surface area contributed by atoms with Crippen LogP contribution in [0.2, 0.25) is 0 Å². The molecule has 228 valence electrons. The van der Waals surface area contributed by atoms with E-state index in [9.17, 15) is 9.59 Å². The Morgan fingerprint density at radius 3 is 2.39 bits per heavy atom. The number of hydrogen-bond donors (Lipinski definition) is 0. The van der Waals surface area contributed by atoms with Crippen molar-refractivity contribution in [3.05, 3.63) is 119 Å². The Bertz CT molecular complexity index is 1890. The van der Waals surface area contributed by atoms with Gasteiger partial charge in [0.05, 0.1) is 34.5 Å². The molecular formula is C34H34BrN3O5S. The summed E-state index contributed by atoms with van der Waals surface area (Å²) in [6, 6.07) is 20.4. The van der Waals surface area contributed by atoms with E-state index < -0.39 is 6.04 Å². The number of allylic oxidation sites excluding steroid dienone is 1. The van der Waals surface area contributed by atoms with Gasteiger partial charge < -0.3 is 19.1 Å². The number of carbonyl (C=O) groups is 1. The third-order valence-corrected chi connectivity index (χ3v) is 9.08. The molecule has 1 aromatic heterocycles. The molecule has 1 amide bonds. The molecule has 8 nitrogen and oxygen atoms in total. The predicted molar refractivity (Wildman–Crippen MR) is 176 cm³/mol. The summed E-state index contributed by atoms with van der Waals surface area (Å²) >= 11 is 4.91. The molecule has 3 aromatic carbocycles. The standard InChI is InChI=1S/C34H34BrN3O5S/c1-6-37(7-2)33(40)29-21(3)36-34-38(30(29)24-15-11-12-16-26(24)41-4)32(39)28(44-34)19-23-17-25(35)31(27(18-23)42-5)43-20-22-13-9-8-10-14-22/h8-19,30H,6-7,20H2,1-5H3/b28-19+/t30-/m0/s1. The molecule has 0 radical (unpaired) electrons. The van der Waals surface area contributed by atoms with Crippen LogP contribution in [0.15, 0.2) is 92.3 Å². The molecule has 0 spiro atoms. The summed E-state index contributed by atoms with van der Waals surface area (Å²) in [6.07, 6.45) is 1.81. The van der Waals surface area contributed by atoms with Crippen LogP contribution in [0.4, 0.5) is 0 Å². The van der Waals surface area contributed by atoms with Crippen molar-refractivity contribution in [2.24, 2.45) is 4.99 Å². The fourth-order valence-corrected chi connectivity index (χ4v) is 6.93. The zero-order chi connectivity index (χ0) is 31.4. The zero-order valence-corrected chi connectivity index (χ0v) is 27.7. The second kappa shape index (κ2) is 13.7. The Kier molecular flexibility index (Phi) is 9.71. The highest BCUT2D eigenvalue weighted by atomic mass is 79.9. The number of rotatable bonds is 10. The number of thiazole rings is 1. The second-order valence-corrected chi connectivity index (χ2v) is 12.0. The molecule has 1 atom stereocenters. The van der Waals surface area contributed by atoms with Gasteiger partial charge in [-0.2, -0.15) is 0 Å². The summed E-state index contributed by atoms with van der Waals surface area (Å²) in [6.45, 7) is 7.16. The Morgan fingerprint density at radius 2 is 1.70 bits per heavy atom. The lowest BCUT2D eigenvalue weighted by atomic mass is 9.94. The summed E-state index contributed by atoms with van der Waals surface area (Å²) < 4.78 is 20.2. The maximum atomic E-state index is 14.2. The number of hydrogen-bond acceptors (Lipinski definition) is 7. The Balaban J connectivity index is 1.62. The van der Waals surface area contributed by atoms with Crippen molar-refractivity contribution in [2.45, 2.75) is 33.4 Å². The molecule has 0 bridgehead atoms. The average molecular weight is 677 g/mol. The normalized spacial score (nSPS) is 14.6. The number of benzene rings is 3. The van der Waals surface area contributed by atoms with E-state index in [2.05, 4.69) is 15.9 Å². The molecule has 0 saturated heterocycles. The summed E-state index contributed by atoms with van der Waals surface area (Å²) in [5.41, 5.74) is 3.29. The first-order valence-corrected chi connectivity index (χ1v) is 15.9.